The van der Waals surface area contributed by atoms with Gasteiger partial charge in [-0.2, -0.15) is 0 Å². The molecule has 0 heterocycles. The Balaban J connectivity index is 1.24. The van der Waals surface area contributed by atoms with E-state index < -0.39 is 18.5 Å². The second-order valence-electron chi connectivity index (χ2n) is 9.84. The van der Waals surface area contributed by atoms with Crippen molar-refractivity contribution in [3.05, 3.63) is 115 Å². The van der Waals surface area contributed by atoms with E-state index >= 15 is 0 Å². The molecule has 1 N–H and O–H groups in total. The SMILES string of the molecule is C=CC(=O)OCCOc1ccc(-c2ccc(SC(=O)c3ccc4cc(OCCCCOC(=O)C(=C)CO)ccc4c3)cc2)cc1. The molecule has 0 saturated carbocycles. The van der Waals surface area contributed by atoms with Gasteiger partial charge in [-0.05, 0) is 95.0 Å². The maximum Gasteiger partial charge on any atom is 0.335 e. The number of aliphatic hydroxyl groups is 1. The molecule has 0 saturated heterocycles. The van der Waals surface area contributed by atoms with Crippen LogP contribution in [-0.4, -0.2) is 55.2 Å². The molecule has 0 bridgehead atoms. The fraction of sp³-hybridized carbons (Fsp3) is 0.194. The maximum atomic E-state index is 13.0. The van der Waals surface area contributed by atoms with Crippen LogP contribution in [0.3, 0.4) is 0 Å². The number of aliphatic hydroxyl groups excluding tert-OH is 1. The van der Waals surface area contributed by atoms with E-state index in [1.54, 1.807) is 0 Å². The smallest absolute Gasteiger partial charge is 0.335 e. The first-order chi connectivity index (χ1) is 21.9. The van der Waals surface area contributed by atoms with Gasteiger partial charge < -0.3 is 24.1 Å². The number of hydrogen-bond acceptors (Lipinski definition) is 9. The average molecular weight is 627 g/mol. The summed E-state index contributed by atoms with van der Waals surface area (Å²) in [5.41, 5.74) is 2.66. The molecule has 0 amide bonds. The van der Waals surface area contributed by atoms with E-state index in [2.05, 4.69) is 13.2 Å². The maximum absolute atomic E-state index is 13.0. The van der Waals surface area contributed by atoms with Crippen LogP contribution in [-0.2, 0) is 19.1 Å². The molecule has 45 heavy (non-hydrogen) atoms. The third kappa shape index (κ3) is 10.1. The number of fused-ring (bicyclic) bond motifs is 1. The van der Waals surface area contributed by atoms with Crippen LogP contribution in [0.5, 0.6) is 11.5 Å². The molecule has 4 aromatic carbocycles. The molecule has 0 unspecified atom stereocenters. The molecule has 4 rings (SSSR count). The van der Waals surface area contributed by atoms with Gasteiger partial charge in [-0.1, -0.05) is 49.6 Å². The van der Waals surface area contributed by atoms with Crippen molar-refractivity contribution >= 4 is 39.6 Å². The fourth-order valence-corrected chi connectivity index (χ4v) is 4.88. The van der Waals surface area contributed by atoms with Gasteiger partial charge in [0.25, 0.3) is 0 Å². The van der Waals surface area contributed by atoms with Gasteiger partial charge in [-0.25, -0.2) is 9.59 Å². The minimum Gasteiger partial charge on any atom is -0.494 e. The second-order valence-corrected chi connectivity index (χ2v) is 10.9. The Morgan fingerprint density at radius 1 is 0.711 bits per heavy atom. The third-order valence-corrected chi connectivity index (χ3v) is 7.51. The van der Waals surface area contributed by atoms with E-state index in [0.29, 0.717) is 30.8 Å². The molecule has 0 aliphatic carbocycles. The number of ether oxygens (including phenoxy) is 4. The number of rotatable bonds is 16. The summed E-state index contributed by atoms with van der Waals surface area (Å²) in [5.74, 6) is 0.323. The standard InChI is InChI=1S/C36H34O8S/c1-3-34(38)43-21-20-42-31-13-8-26(9-14-31)27-11-16-33(17-12-27)45-36(40)30-7-6-29-23-32(15-10-28(29)22-30)41-18-4-5-19-44-35(39)25(2)24-37/h3,6-17,22-23,37H,1-2,4-5,18-21,24H2. The van der Waals surface area contributed by atoms with E-state index in [0.717, 1.165) is 38.6 Å². The van der Waals surface area contributed by atoms with Crippen molar-refractivity contribution in [1.82, 2.24) is 0 Å². The lowest BCUT2D eigenvalue weighted by atomic mass is 10.1. The highest BCUT2D eigenvalue weighted by Gasteiger charge is 2.11. The number of hydrogen-bond donors (Lipinski definition) is 1. The number of esters is 2. The Hall–Kier alpha value is -4.86. The summed E-state index contributed by atoms with van der Waals surface area (Å²) in [5, 5.41) is 10.7. The van der Waals surface area contributed by atoms with Gasteiger partial charge in [0.1, 0.15) is 24.7 Å². The van der Waals surface area contributed by atoms with Crippen molar-refractivity contribution in [1.29, 1.82) is 0 Å². The van der Waals surface area contributed by atoms with Crippen molar-refractivity contribution in [3.8, 4) is 22.6 Å². The Kier molecular flexibility index (Phi) is 12.4. The van der Waals surface area contributed by atoms with Crippen LogP contribution in [0, 0.1) is 0 Å². The van der Waals surface area contributed by atoms with Crippen LogP contribution in [0.4, 0.5) is 0 Å². The van der Waals surface area contributed by atoms with Crippen molar-refractivity contribution in [2.75, 3.05) is 33.0 Å². The summed E-state index contributed by atoms with van der Waals surface area (Å²) in [7, 11) is 0. The number of carbonyl (C=O) groups is 3. The van der Waals surface area contributed by atoms with Gasteiger partial charge in [-0.3, -0.25) is 4.79 Å². The molecular weight excluding hydrogens is 592 g/mol. The van der Waals surface area contributed by atoms with E-state index in [-0.39, 0.29) is 30.5 Å². The van der Waals surface area contributed by atoms with Crippen LogP contribution in [0.15, 0.2) is 115 Å². The summed E-state index contributed by atoms with van der Waals surface area (Å²) < 4.78 is 21.3. The van der Waals surface area contributed by atoms with Gasteiger partial charge in [-0.15, -0.1) is 0 Å². The van der Waals surface area contributed by atoms with Gasteiger partial charge in [0.2, 0.25) is 5.12 Å². The normalized spacial score (nSPS) is 10.6. The number of unbranched alkanes of at least 4 members (excludes halogenated alkanes) is 1. The third-order valence-electron chi connectivity index (χ3n) is 6.58. The molecule has 0 radical (unpaired) electrons. The van der Waals surface area contributed by atoms with Crippen molar-refractivity contribution in [3.63, 3.8) is 0 Å². The van der Waals surface area contributed by atoms with Crippen LogP contribution in [0.2, 0.25) is 0 Å². The zero-order valence-electron chi connectivity index (χ0n) is 24.7. The van der Waals surface area contributed by atoms with Crippen LogP contribution >= 0.6 is 11.8 Å². The lowest BCUT2D eigenvalue weighted by Crippen LogP contribution is -2.11. The Morgan fingerprint density at radius 2 is 1.33 bits per heavy atom. The molecular formula is C36H34O8S. The fourth-order valence-electron chi connectivity index (χ4n) is 4.15. The number of carbonyl (C=O) groups excluding carboxylic acids is 3. The molecule has 0 spiro atoms. The molecule has 0 aliphatic rings. The minimum absolute atomic E-state index is 0.0375. The van der Waals surface area contributed by atoms with Crippen LogP contribution in [0.25, 0.3) is 21.9 Å². The monoisotopic (exact) mass is 626 g/mol. The van der Waals surface area contributed by atoms with Crippen LogP contribution in [0.1, 0.15) is 23.2 Å². The first-order valence-corrected chi connectivity index (χ1v) is 15.1. The summed E-state index contributed by atoms with van der Waals surface area (Å²) in [6.45, 7) is 7.47. The average Bonchev–Trinajstić information content (AvgIpc) is 3.07. The zero-order chi connectivity index (χ0) is 32.0. The Bertz CT molecular complexity index is 1640. The lowest BCUT2D eigenvalue weighted by Gasteiger charge is -2.09. The molecule has 4 aromatic rings. The van der Waals surface area contributed by atoms with Gasteiger partial charge in [0.15, 0.2) is 0 Å². The molecule has 232 valence electrons. The largest absolute Gasteiger partial charge is 0.494 e. The van der Waals surface area contributed by atoms with Crippen LogP contribution < -0.4 is 9.47 Å². The van der Waals surface area contributed by atoms with E-state index in [1.165, 1.54) is 11.8 Å². The lowest BCUT2D eigenvalue weighted by molar-refractivity contribution is -0.140. The topological polar surface area (TPSA) is 108 Å². The summed E-state index contributed by atoms with van der Waals surface area (Å²) in [4.78, 5) is 36.4. The van der Waals surface area contributed by atoms with Crippen molar-refractivity contribution < 1.29 is 38.4 Å². The van der Waals surface area contributed by atoms with Gasteiger partial charge in [0, 0.05) is 16.5 Å². The van der Waals surface area contributed by atoms with Crippen molar-refractivity contribution in [2.24, 2.45) is 0 Å². The second kappa shape index (κ2) is 16.8. The predicted molar refractivity (Wildman–Crippen MR) is 175 cm³/mol. The summed E-state index contributed by atoms with van der Waals surface area (Å²) >= 11 is 1.18. The van der Waals surface area contributed by atoms with Crippen molar-refractivity contribution in [2.45, 2.75) is 17.7 Å². The van der Waals surface area contributed by atoms with E-state index in [1.807, 2.05) is 84.9 Å². The van der Waals surface area contributed by atoms with E-state index in [4.69, 9.17) is 24.1 Å². The zero-order valence-corrected chi connectivity index (χ0v) is 25.6. The highest BCUT2D eigenvalue weighted by atomic mass is 32.2. The molecule has 0 atom stereocenters. The summed E-state index contributed by atoms with van der Waals surface area (Å²) in [6.07, 6.45) is 2.44. The Labute approximate surface area is 266 Å². The van der Waals surface area contributed by atoms with E-state index in [9.17, 15) is 14.4 Å². The number of thioether (sulfide) groups is 1. The van der Waals surface area contributed by atoms with Gasteiger partial charge >= 0.3 is 11.9 Å². The first-order valence-electron chi connectivity index (χ1n) is 14.3. The minimum atomic E-state index is -0.587. The predicted octanol–water partition coefficient (Wildman–Crippen LogP) is 6.80. The summed E-state index contributed by atoms with van der Waals surface area (Å²) in [6, 6.07) is 26.7. The van der Waals surface area contributed by atoms with Gasteiger partial charge in [0.05, 0.1) is 25.4 Å². The number of benzene rings is 4. The Morgan fingerprint density at radius 3 is 2.04 bits per heavy atom. The molecule has 0 fully saturated rings. The first kappa shape index (κ1) is 33.0. The molecule has 0 aromatic heterocycles. The molecule has 8 nitrogen and oxygen atoms in total. The molecule has 0 aliphatic heterocycles. The highest BCUT2D eigenvalue weighted by molar-refractivity contribution is 8.14. The quantitative estimate of drug-likeness (QED) is 0.0622. The highest BCUT2D eigenvalue weighted by Crippen LogP contribution is 2.29. The molecule has 9 heteroatoms.